The number of aliphatic carboxylic acids is 1. The van der Waals surface area contributed by atoms with Crippen molar-refractivity contribution >= 4 is 49.2 Å². The summed E-state index contributed by atoms with van der Waals surface area (Å²) < 4.78 is 0.966. The highest BCUT2D eigenvalue weighted by Crippen LogP contribution is 2.36. The van der Waals surface area contributed by atoms with Gasteiger partial charge in [-0.1, -0.05) is 41.7 Å². The van der Waals surface area contributed by atoms with Crippen molar-refractivity contribution < 1.29 is 14.7 Å². The number of amides is 1. The molecule has 4 rings (SSSR count). The molecule has 0 saturated carbocycles. The van der Waals surface area contributed by atoms with Crippen LogP contribution in [0.4, 0.5) is 5.13 Å². The number of benzene rings is 1. The third-order valence-electron chi connectivity index (χ3n) is 4.33. The lowest BCUT2D eigenvalue weighted by molar-refractivity contribution is -0.139. The Labute approximate surface area is 158 Å². The number of carboxylic acids is 1. The number of hydrogen-bond acceptors (Lipinski definition) is 6. The van der Waals surface area contributed by atoms with Gasteiger partial charge in [0.1, 0.15) is 4.83 Å². The van der Waals surface area contributed by atoms with E-state index >= 15 is 0 Å². The lowest BCUT2D eigenvalue weighted by Gasteiger charge is -2.14. The van der Waals surface area contributed by atoms with Crippen LogP contribution in [0.25, 0.3) is 9.53 Å². The first-order valence-electron chi connectivity index (χ1n) is 8.36. The molecule has 6 nitrogen and oxygen atoms in total. The normalized spacial score (nSPS) is 15.3. The first kappa shape index (κ1) is 17.0. The molecule has 1 atom stereocenters. The zero-order chi connectivity index (χ0) is 18.1. The van der Waals surface area contributed by atoms with E-state index in [1.54, 1.807) is 47.7 Å². The predicted molar refractivity (Wildman–Crippen MR) is 103 cm³/mol. The van der Waals surface area contributed by atoms with Crippen LogP contribution in [0.2, 0.25) is 0 Å². The number of fused-ring (bicyclic) bond motifs is 1. The monoisotopic (exact) mass is 387 g/mol. The highest BCUT2D eigenvalue weighted by molar-refractivity contribution is 7.29. The SMILES string of the molecule is O=C(N[C@H](C(=O)O)c1ccccc1)c1cc2sc(N3CCCC3)nc2s1. The minimum Gasteiger partial charge on any atom is -0.479 e. The highest BCUT2D eigenvalue weighted by Gasteiger charge is 2.24. The molecule has 1 aliphatic heterocycles. The van der Waals surface area contributed by atoms with Crippen LogP contribution in [0.15, 0.2) is 36.4 Å². The van der Waals surface area contributed by atoms with Gasteiger partial charge in [0.25, 0.3) is 5.91 Å². The number of hydrogen-bond donors (Lipinski definition) is 2. The smallest absolute Gasteiger partial charge is 0.330 e. The van der Waals surface area contributed by atoms with Crippen LogP contribution in [0, 0.1) is 0 Å². The third-order valence-corrected chi connectivity index (χ3v) is 6.55. The summed E-state index contributed by atoms with van der Waals surface area (Å²) in [6.45, 7) is 2.07. The number of nitrogens with one attached hydrogen (secondary N) is 1. The molecule has 1 amide bonds. The molecule has 2 aromatic heterocycles. The summed E-state index contributed by atoms with van der Waals surface area (Å²) in [5.41, 5.74) is 0.543. The Hall–Kier alpha value is -2.45. The van der Waals surface area contributed by atoms with Gasteiger partial charge < -0.3 is 15.3 Å². The molecule has 3 heterocycles. The standard InChI is InChI=1S/C18H17N3O3S2/c22-15(19-14(17(23)24)11-6-2-1-3-7-11)12-10-13-16(25-12)20-18(26-13)21-8-4-5-9-21/h1-3,6-7,10,14H,4-5,8-9H2,(H,19,22)(H,23,24)/t14-/m0/s1. The first-order valence-corrected chi connectivity index (χ1v) is 9.99. The van der Waals surface area contributed by atoms with Gasteiger partial charge in [-0.2, -0.15) is 0 Å². The molecule has 8 heteroatoms. The number of thiophene rings is 1. The summed E-state index contributed by atoms with van der Waals surface area (Å²) in [5, 5.41) is 13.1. The topological polar surface area (TPSA) is 82.5 Å². The van der Waals surface area contributed by atoms with Gasteiger partial charge >= 0.3 is 5.97 Å². The van der Waals surface area contributed by atoms with Gasteiger partial charge in [-0.15, -0.1) is 11.3 Å². The number of aromatic nitrogens is 1. The van der Waals surface area contributed by atoms with Crippen molar-refractivity contribution in [3.63, 3.8) is 0 Å². The van der Waals surface area contributed by atoms with E-state index < -0.39 is 12.0 Å². The van der Waals surface area contributed by atoms with E-state index in [0.717, 1.165) is 27.8 Å². The molecule has 0 spiro atoms. The fourth-order valence-corrected chi connectivity index (χ4v) is 5.18. The maximum absolute atomic E-state index is 12.5. The fourth-order valence-electron chi connectivity index (χ4n) is 3.01. The molecule has 0 radical (unpaired) electrons. The van der Waals surface area contributed by atoms with E-state index in [1.807, 2.05) is 0 Å². The van der Waals surface area contributed by atoms with Crippen molar-refractivity contribution in [2.24, 2.45) is 0 Å². The van der Waals surface area contributed by atoms with Gasteiger partial charge in [0.05, 0.1) is 9.58 Å². The second-order valence-electron chi connectivity index (χ2n) is 6.13. The molecular weight excluding hydrogens is 370 g/mol. The van der Waals surface area contributed by atoms with Crippen LogP contribution < -0.4 is 10.2 Å². The van der Waals surface area contributed by atoms with Gasteiger partial charge in [0, 0.05) is 13.1 Å². The lowest BCUT2D eigenvalue weighted by atomic mass is 10.1. The van der Waals surface area contributed by atoms with E-state index in [0.29, 0.717) is 10.4 Å². The molecule has 0 aliphatic carbocycles. The number of carboxylic acid groups (broad SMARTS) is 1. The second-order valence-corrected chi connectivity index (χ2v) is 8.17. The Balaban J connectivity index is 1.53. The van der Waals surface area contributed by atoms with Gasteiger partial charge in [0.15, 0.2) is 11.2 Å². The van der Waals surface area contributed by atoms with Crippen molar-refractivity contribution in [1.29, 1.82) is 0 Å². The Morgan fingerprint density at radius 1 is 1.15 bits per heavy atom. The van der Waals surface area contributed by atoms with Gasteiger partial charge in [0.2, 0.25) is 0 Å². The highest BCUT2D eigenvalue weighted by atomic mass is 32.1. The summed E-state index contributed by atoms with van der Waals surface area (Å²) in [6, 6.07) is 9.42. The minimum absolute atomic E-state index is 0.390. The maximum atomic E-state index is 12.5. The second kappa shape index (κ2) is 7.05. The summed E-state index contributed by atoms with van der Waals surface area (Å²) in [4.78, 5) is 32.3. The number of anilines is 1. The fraction of sp³-hybridized carbons (Fsp3) is 0.278. The van der Waals surface area contributed by atoms with Gasteiger partial charge in [-0.05, 0) is 24.5 Å². The molecule has 2 N–H and O–H groups in total. The number of nitrogens with zero attached hydrogens (tertiary/aromatic N) is 2. The molecule has 1 aliphatic rings. The Bertz CT molecular complexity index is 914. The van der Waals surface area contributed by atoms with Crippen molar-refractivity contribution in [3.05, 3.63) is 46.8 Å². The Morgan fingerprint density at radius 2 is 1.88 bits per heavy atom. The number of thiazole rings is 1. The Kier molecular flexibility index (Phi) is 4.60. The first-order chi connectivity index (χ1) is 12.6. The quantitative estimate of drug-likeness (QED) is 0.700. The molecule has 1 aromatic carbocycles. The molecule has 0 bridgehead atoms. The average molecular weight is 387 g/mol. The maximum Gasteiger partial charge on any atom is 0.330 e. The molecule has 0 unspecified atom stereocenters. The zero-order valence-corrected chi connectivity index (χ0v) is 15.5. The average Bonchev–Trinajstić information content (AvgIpc) is 3.34. The molecule has 1 saturated heterocycles. The number of carbonyl (C=O) groups excluding carboxylic acids is 1. The van der Waals surface area contributed by atoms with E-state index in [-0.39, 0.29) is 5.91 Å². The Morgan fingerprint density at radius 3 is 2.54 bits per heavy atom. The van der Waals surface area contributed by atoms with Crippen molar-refractivity contribution in [2.75, 3.05) is 18.0 Å². The molecule has 26 heavy (non-hydrogen) atoms. The summed E-state index contributed by atoms with van der Waals surface area (Å²) >= 11 is 2.88. The van der Waals surface area contributed by atoms with Crippen molar-refractivity contribution in [2.45, 2.75) is 18.9 Å². The van der Waals surface area contributed by atoms with Crippen molar-refractivity contribution in [3.8, 4) is 0 Å². The summed E-state index contributed by atoms with van der Waals surface area (Å²) in [7, 11) is 0. The molecular formula is C18H17N3O3S2. The number of rotatable bonds is 5. The summed E-state index contributed by atoms with van der Waals surface area (Å²) in [5.74, 6) is -1.48. The molecule has 3 aromatic rings. The van der Waals surface area contributed by atoms with E-state index in [4.69, 9.17) is 0 Å². The van der Waals surface area contributed by atoms with E-state index in [9.17, 15) is 14.7 Å². The van der Waals surface area contributed by atoms with Crippen LogP contribution in [0.5, 0.6) is 0 Å². The van der Waals surface area contributed by atoms with Gasteiger partial charge in [-0.25, -0.2) is 9.78 Å². The lowest BCUT2D eigenvalue weighted by Crippen LogP contribution is -2.33. The van der Waals surface area contributed by atoms with Gasteiger partial charge in [-0.3, -0.25) is 4.79 Å². The third kappa shape index (κ3) is 3.30. The van der Waals surface area contributed by atoms with E-state index in [1.165, 1.54) is 24.2 Å². The molecule has 1 fully saturated rings. The molecule has 134 valence electrons. The zero-order valence-electron chi connectivity index (χ0n) is 13.8. The predicted octanol–water partition coefficient (Wildman–Crippen LogP) is 3.51. The summed E-state index contributed by atoms with van der Waals surface area (Å²) in [6.07, 6.45) is 2.38. The number of carbonyl (C=O) groups is 2. The largest absolute Gasteiger partial charge is 0.479 e. The van der Waals surface area contributed by atoms with Crippen LogP contribution in [-0.4, -0.2) is 35.1 Å². The van der Waals surface area contributed by atoms with E-state index in [2.05, 4.69) is 15.2 Å². The van der Waals surface area contributed by atoms with Crippen LogP contribution in [0.3, 0.4) is 0 Å². The van der Waals surface area contributed by atoms with Crippen LogP contribution in [-0.2, 0) is 4.79 Å². The van der Waals surface area contributed by atoms with Crippen molar-refractivity contribution in [1.82, 2.24) is 10.3 Å². The van der Waals surface area contributed by atoms with Crippen LogP contribution in [0.1, 0.15) is 34.1 Å². The van der Waals surface area contributed by atoms with Crippen LogP contribution >= 0.6 is 22.7 Å². The minimum atomic E-state index is -1.09.